The van der Waals surface area contributed by atoms with Crippen molar-refractivity contribution in [2.45, 2.75) is 32.7 Å². The van der Waals surface area contributed by atoms with E-state index >= 15 is 0 Å². The van der Waals surface area contributed by atoms with Crippen LogP contribution < -0.4 is 5.32 Å². The summed E-state index contributed by atoms with van der Waals surface area (Å²) in [5.74, 6) is -1.14. The second-order valence-corrected chi connectivity index (χ2v) is 4.38. The van der Waals surface area contributed by atoms with Crippen molar-refractivity contribution in [3.05, 3.63) is 23.8 Å². The lowest BCUT2D eigenvalue weighted by Crippen LogP contribution is -2.41. The van der Waals surface area contributed by atoms with E-state index in [9.17, 15) is 9.59 Å². The summed E-state index contributed by atoms with van der Waals surface area (Å²) in [5, 5.41) is 15.5. The molecule has 2 N–H and O–H groups in total. The summed E-state index contributed by atoms with van der Waals surface area (Å²) in [6.07, 6.45) is 3.75. The lowest BCUT2D eigenvalue weighted by molar-refractivity contribution is -0.139. The van der Waals surface area contributed by atoms with Gasteiger partial charge < -0.3 is 10.4 Å². The van der Waals surface area contributed by atoms with Crippen LogP contribution in [0.4, 0.5) is 0 Å². The summed E-state index contributed by atoms with van der Waals surface area (Å²) >= 11 is 0. The molecule has 0 fully saturated rings. The van der Waals surface area contributed by atoms with Crippen LogP contribution in [0.15, 0.2) is 12.5 Å². The number of fused-ring (bicyclic) bond motifs is 1. The van der Waals surface area contributed by atoms with Crippen molar-refractivity contribution >= 4 is 17.7 Å². The van der Waals surface area contributed by atoms with Gasteiger partial charge in [-0.15, -0.1) is 0 Å². The lowest BCUT2D eigenvalue weighted by Gasteiger charge is -2.14. The van der Waals surface area contributed by atoms with Crippen molar-refractivity contribution < 1.29 is 14.7 Å². The van der Waals surface area contributed by atoms with E-state index in [1.54, 1.807) is 6.92 Å². The third-order valence-electron chi connectivity index (χ3n) is 2.97. The van der Waals surface area contributed by atoms with Gasteiger partial charge in [0, 0.05) is 6.20 Å². The highest BCUT2D eigenvalue weighted by Gasteiger charge is 2.21. The van der Waals surface area contributed by atoms with Crippen LogP contribution >= 0.6 is 0 Å². The molecule has 0 bridgehead atoms. The van der Waals surface area contributed by atoms with Gasteiger partial charge in [-0.05, 0) is 13.3 Å². The van der Waals surface area contributed by atoms with Crippen LogP contribution in [-0.4, -0.2) is 42.6 Å². The van der Waals surface area contributed by atoms with Crippen LogP contribution in [0, 0.1) is 6.92 Å². The molecular weight excluding hydrogens is 262 g/mol. The van der Waals surface area contributed by atoms with Gasteiger partial charge in [0.15, 0.2) is 0 Å². The Kier molecular flexibility index (Phi) is 3.92. The maximum atomic E-state index is 12.1. The molecule has 1 amide bonds. The number of amides is 1. The maximum absolute atomic E-state index is 12.1. The summed E-state index contributed by atoms with van der Waals surface area (Å²) in [6.45, 7) is 3.56. The van der Waals surface area contributed by atoms with Gasteiger partial charge in [0.05, 0.1) is 11.3 Å². The largest absolute Gasteiger partial charge is 0.480 e. The Hall–Kier alpha value is -2.51. The molecule has 0 saturated heterocycles. The highest BCUT2D eigenvalue weighted by molar-refractivity contribution is 5.97. The Labute approximate surface area is 114 Å². The Morgan fingerprint density at radius 2 is 2.20 bits per heavy atom. The maximum Gasteiger partial charge on any atom is 0.326 e. The van der Waals surface area contributed by atoms with E-state index in [1.165, 1.54) is 17.0 Å². The van der Waals surface area contributed by atoms with Crippen molar-refractivity contribution in [3.63, 3.8) is 0 Å². The molecule has 0 aromatic carbocycles. The predicted molar refractivity (Wildman–Crippen MR) is 69.3 cm³/mol. The monoisotopic (exact) mass is 277 g/mol. The smallest absolute Gasteiger partial charge is 0.326 e. The predicted octanol–water partition coefficient (Wildman–Crippen LogP) is 0.416. The molecule has 8 nitrogen and oxygen atoms in total. The number of hydrogen-bond donors (Lipinski definition) is 2. The molecule has 2 aromatic rings. The van der Waals surface area contributed by atoms with Crippen LogP contribution in [0.3, 0.4) is 0 Å². The average molecular weight is 277 g/mol. The number of rotatable bonds is 5. The highest BCUT2D eigenvalue weighted by atomic mass is 16.4. The van der Waals surface area contributed by atoms with Crippen molar-refractivity contribution in [2.75, 3.05) is 0 Å². The topological polar surface area (TPSA) is 109 Å². The number of hydrogen-bond acceptors (Lipinski definition) is 5. The fraction of sp³-hybridized carbons (Fsp3) is 0.417. The summed E-state index contributed by atoms with van der Waals surface area (Å²) in [5.41, 5.74) is 0.844. The molecular formula is C12H15N5O3. The van der Waals surface area contributed by atoms with E-state index < -0.39 is 17.9 Å². The van der Waals surface area contributed by atoms with Gasteiger partial charge in [-0.3, -0.25) is 4.79 Å². The number of carboxylic acid groups (broad SMARTS) is 1. The van der Waals surface area contributed by atoms with Gasteiger partial charge in [0.1, 0.15) is 12.4 Å². The summed E-state index contributed by atoms with van der Waals surface area (Å²) < 4.78 is 1.44. The normalized spacial score (nSPS) is 12.3. The van der Waals surface area contributed by atoms with Crippen molar-refractivity contribution in [1.82, 2.24) is 24.9 Å². The third kappa shape index (κ3) is 2.58. The molecule has 20 heavy (non-hydrogen) atoms. The molecule has 8 heteroatoms. The Balaban J connectivity index is 2.26. The number of aliphatic carboxylic acids is 1. The second kappa shape index (κ2) is 5.64. The molecule has 2 heterocycles. The molecule has 0 aliphatic carbocycles. The zero-order valence-electron chi connectivity index (χ0n) is 11.2. The molecule has 0 spiro atoms. The number of nitrogens with one attached hydrogen (secondary N) is 1. The molecule has 2 rings (SSSR count). The zero-order valence-corrected chi connectivity index (χ0v) is 11.2. The van der Waals surface area contributed by atoms with Crippen molar-refractivity contribution in [3.8, 4) is 0 Å². The number of carboxylic acids is 1. The number of aromatic nitrogens is 4. The standard InChI is InChI=1S/C12H15N5O3/c1-3-4-9(11(19)20)16-10(18)8-5-13-12-14-6-15-17(12)7(8)2/h5-6,9H,3-4H2,1-2H3,(H,16,18)(H,19,20)/t9-/m1/s1. The zero-order chi connectivity index (χ0) is 14.7. The quantitative estimate of drug-likeness (QED) is 0.819. The molecule has 106 valence electrons. The lowest BCUT2D eigenvalue weighted by atomic mass is 10.1. The number of carbonyl (C=O) groups excluding carboxylic acids is 1. The fourth-order valence-corrected chi connectivity index (χ4v) is 1.89. The van der Waals surface area contributed by atoms with Gasteiger partial charge >= 0.3 is 5.97 Å². The molecule has 1 atom stereocenters. The van der Waals surface area contributed by atoms with E-state index in [4.69, 9.17) is 5.11 Å². The van der Waals surface area contributed by atoms with E-state index in [0.29, 0.717) is 24.3 Å². The molecule has 0 aliphatic heterocycles. The summed E-state index contributed by atoms with van der Waals surface area (Å²) in [6, 6.07) is -0.904. The Bertz CT molecular complexity index is 652. The van der Waals surface area contributed by atoms with Crippen LogP contribution in [0.25, 0.3) is 5.78 Å². The third-order valence-corrected chi connectivity index (χ3v) is 2.97. The SMILES string of the molecule is CCC[C@@H](NC(=O)c1cnc2ncnn2c1C)C(=O)O. The minimum absolute atomic E-state index is 0.283. The van der Waals surface area contributed by atoms with E-state index in [2.05, 4.69) is 20.4 Å². The van der Waals surface area contributed by atoms with Gasteiger partial charge in [-0.25, -0.2) is 14.3 Å². The van der Waals surface area contributed by atoms with Gasteiger partial charge in [0.25, 0.3) is 11.7 Å². The van der Waals surface area contributed by atoms with E-state index in [0.717, 1.165) is 0 Å². The van der Waals surface area contributed by atoms with Crippen LogP contribution in [0.1, 0.15) is 35.8 Å². The Morgan fingerprint density at radius 3 is 2.85 bits per heavy atom. The summed E-state index contributed by atoms with van der Waals surface area (Å²) in [7, 11) is 0. The molecule has 0 saturated carbocycles. The van der Waals surface area contributed by atoms with Crippen LogP contribution in [0.5, 0.6) is 0 Å². The molecule has 2 aromatic heterocycles. The molecule has 0 radical (unpaired) electrons. The van der Waals surface area contributed by atoms with E-state index in [-0.39, 0.29) is 5.56 Å². The first-order chi connectivity index (χ1) is 9.54. The van der Waals surface area contributed by atoms with Gasteiger partial charge in [0.2, 0.25) is 0 Å². The minimum atomic E-state index is -1.05. The summed E-state index contributed by atoms with van der Waals surface area (Å²) in [4.78, 5) is 31.1. The average Bonchev–Trinajstić information content (AvgIpc) is 2.87. The first-order valence-corrected chi connectivity index (χ1v) is 6.23. The van der Waals surface area contributed by atoms with Crippen LogP contribution in [-0.2, 0) is 4.79 Å². The fourth-order valence-electron chi connectivity index (χ4n) is 1.89. The number of carbonyl (C=O) groups is 2. The first kappa shape index (κ1) is 13.9. The highest BCUT2D eigenvalue weighted by Crippen LogP contribution is 2.08. The van der Waals surface area contributed by atoms with Crippen molar-refractivity contribution in [1.29, 1.82) is 0 Å². The molecule has 0 unspecified atom stereocenters. The van der Waals surface area contributed by atoms with Crippen LogP contribution in [0.2, 0.25) is 0 Å². The van der Waals surface area contributed by atoms with Gasteiger partial charge in [-0.1, -0.05) is 13.3 Å². The minimum Gasteiger partial charge on any atom is -0.480 e. The van der Waals surface area contributed by atoms with Gasteiger partial charge in [-0.2, -0.15) is 10.1 Å². The number of nitrogens with zero attached hydrogens (tertiary/aromatic N) is 4. The van der Waals surface area contributed by atoms with Crippen molar-refractivity contribution in [2.24, 2.45) is 0 Å². The first-order valence-electron chi connectivity index (χ1n) is 6.23. The second-order valence-electron chi connectivity index (χ2n) is 4.38. The van der Waals surface area contributed by atoms with E-state index in [1.807, 2.05) is 6.92 Å². The molecule has 0 aliphatic rings. The number of aryl methyl sites for hydroxylation is 1. The Morgan fingerprint density at radius 1 is 1.45 bits per heavy atom.